The number of nitrogens with one attached hydrogen (secondary N) is 1. The largest absolute Gasteiger partial charge is 0.345 e. The third-order valence-corrected chi connectivity index (χ3v) is 5.92. The first-order valence-electron chi connectivity index (χ1n) is 9.42. The molecule has 3 rings (SSSR count). The van der Waals surface area contributed by atoms with Crippen LogP contribution in [0.15, 0.2) is 54.6 Å². The van der Waals surface area contributed by atoms with Gasteiger partial charge in [0, 0.05) is 25.7 Å². The van der Waals surface area contributed by atoms with Crippen molar-refractivity contribution in [3.8, 4) is 0 Å². The minimum atomic E-state index is 0.0441. The van der Waals surface area contributed by atoms with Gasteiger partial charge in [-0.2, -0.15) is 0 Å². The molecule has 0 aliphatic heterocycles. The van der Waals surface area contributed by atoms with Gasteiger partial charge in [0.15, 0.2) is 0 Å². The smallest absolute Gasteiger partial charge is 0.253 e. The molecule has 138 valence electrons. The Balaban J connectivity index is 1.59. The molecule has 3 nitrogen and oxygen atoms in total. The topological polar surface area (TPSA) is 32.3 Å². The lowest BCUT2D eigenvalue weighted by Crippen LogP contribution is -2.23. The van der Waals surface area contributed by atoms with Crippen LogP contribution in [0.25, 0.3) is 0 Å². The number of rotatable bonds is 6. The van der Waals surface area contributed by atoms with Gasteiger partial charge in [0.05, 0.1) is 0 Å². The van der Waals surface area contributed by atoms with Crippen molar-refractivity contribution in [1.29, 1.82) is 0 Å². The van der Waals surface area contributed by atoms with E-state index in [0.29, 0.717) is 17.3 Å². The summed E-state index contributed by atoms with van der Waals surface area (Å²) in [5, 5.41) is 3.69. The summed E-state index contributed by atoms with van der Waals surface area (Å²) in [6, 6.07) is 19.1. The van der Waals surface area contributed by atoms with E-state index in [9.17, 15) is 4.79 Å². The van der Waals surface area contributed by atoms with Gasteiger partial charge in [0.2, 0.25) is 0 Å². The maximum atomic E-state index is 12.0. The summed E-state index contributed by atoms with van der Waals surface area (Å²) in [5.74, 6) is 1.33. The Morgan fingerprint density at radius 3 is 2.27 bits per heavy atom. The number of carbonyl (C=O) groups is 1. The molecule has 1 saturated carbocycles. The van der Waals surface area contributed by atoms with Crippen LogP contribution in [0, 0.1) is 11.3 Å². The molecule has 0 heterocycles. The van der Waals surface area contributed by atoms with Crippen molar-refractivity contribution in [2.45, 2.75) is 32.7 Å². The van der Waals surface area contributed by atoms with E-state index in [2.05, 4.69) is 68.6 Å². The fraction of sp³-hybridized carbons (Fsp3) is 0.435. The molecular weight excluding hydrogens is 320 g/mol. The van der Waals surface area contributed by atoms with Gasteiger partial charge in [-0.3, -0.25) is 4.79 Å². The Bertz CT molecular complexity index is 750. The van der Waals surface area contributed by atoms with Gasteiger partial charge >= 0.3 is 0 Å². The first kappa shape index (κ1) is 18.7. The summed E-state index contributed by atoms with van der Waals surface area (Å²) >= 11 is 0. The zero-order valence-electron chi connectivity index (χ0n) is 16.5. The van der Waals surface area contributed by atoms with Crippen LogP contribution in [0.3, 0.4) is 0 Å². The average molecular weight is 351 g/mol. The highest BCUT2D eigenvalue weighted by molar-refractivity contribution is 5.93. The Kier molecular flexibility index (Phi) is 5.19. The van der Waals surface area contributed by atoms with Crippen LogP contribution >= 0.6 is 0 Å². The van der Waals surface area contributed by atoms with Gasteiger partial charge in [-0.05, 0) is 54.0 Å². The summed E-state index contributed by atoms with van der Waals surface area (Å²) in [7, 11) is 3.56. The molecule has 1 N–H and O–H groups in total. The van der Waals surface area contributed by atoms with E-state index in [-0.39, 0.29) is 11.9 Å². The van der Waals surface area contributed by atoms with Crippen molar-refractivity contribution in [3.05, 3.63) is 71.3 Å². The molecule has 1 unspecified atom stereocenters. The highest BCUT2D eigenvalue weighted by Gasteiger charge is 2.57. The second-order valence-corrected chi connectivity index (χ2v) is 8.27. The molecule has 0 bridgehead atoms. The molecule has 0 radical (unpaired) electrons. The maximum absolute atomic E-state index is 12.0. The molecule has 2 aromatic carbocycles. The summed E-state index contributed by atoms with van der Waals surface area (Å²) in [6.07, 6.45) is 0. The van der Waals surface area contributed by atoms with Crippen LogP contribution in [0.5, 0.6) is 0 Å². The van der Waals surface area contributed by atoms with Crippen LogP contribution in [0.4, 0.5) is 0 Å². The van der Waals surface area contributed by atoms with E-state index in [1.807, 2.05) is 12.1 Å². The van der Waals surface area contributed by atoms with E-state index in [4.69, 9.17) is 0 Å². The highest BCUT2D eigenvalue weighted by Crippen LogP contribution is 2.64. The van der Waals surface area contributed by atoms with Gasteiger partial charge < -0.3 is 10.2 Å². The molecule has 0 spiro atoms. The number of carbonyl (C=O) groups excluding carboxylic acids is 1. The summed E-state index contributed by atoms with van der Waals surface area (Å²) in [4.78, 5) is 13.6. The van der Waals surface area contributed by atoms with E-state index >= 15 is 0 Å². The third-order valence-electron chi connectivity index (χ3n) is 5.92. The zero-order chi connectivity index (χ0) is 18.9. The van der Waals surface area contributed by atoms with Crippen molar-refractivity contribution in [2.75, 3.05) is 20.6 Å². The fourth-order valence-corrected chi connectivity index (χ4v) is 4.04. The molecule has 0 aromatic heterocycles. The minimum absolute atomic E-state index is 0.0441. The number of hydrogen-bond donors (Lipinski definition) is 1. The first-order chi connectivity index (χ1) is 12.3. The number of hydrogen-bond acceptors (Lipinski definition) is 2. The highest BCUT2D eigenvalue weighted by atomic mass is 16.2. The molecule has 1 aliphatic rings. The maximum Gasteiger partial charge on any atom is 0.253 e. The van der Waals surface area contributed by atoms with Crippen molar-refractivity contribution in [1.82, 2.24) is 10.2 Å². The molecule has 26 heavy (non-hydrogen) atoms. The van der Waals surface area contributed by atoms with Gasteiger partial charge in [-0.25, -0.2) is 0 Å². The number of nitrogens with zero attached hydrogens (tertiary/aromatic N) is 1. The van der Waals surface area contributed by atoms with Crippen LogP contribution < -0.4 is 5.32 Å². The Labute approximate surface area is 157 Å². The molecule has 1 amide bonds. The van der Waals surface area contributed by atoms with E-state index < -0.39 is 0 Å². The van der Waals surface area contributed by atoms with E-state index in [1.54, 1.807) is 19.0 Å². The second kappa shape index (κ2) is 7.24. The summed E-state index contributed by atoms with van der Waals surface area (Å²) < 4.78 is 0. The predicted molar refractivity (Wildman–Crippen MR) is 107 cm³/mol. The van der Waals surface area contributed by atoms with E-state index in [1.165, 1.54) is 11.1 Å². The Hall–Kier alpha value is -2.13. The Morgan fingerprint density at radius 2 is 1.69 bits per heavy atom. The quantitative estimate of drug-likeness (QED) is 0.833. The summed E-state index contributed by atoms with van der Waals surface area (Å²) in [6.45, 7) is 7.93. The van der Waals surface area contributed by atoms with Gasteiger partial charge in [0.25, 0.3) is 5.91 Å². The van der Waals surface area contributed by atoms with Gasteiger partial charge in [-0.1, -0.05) is 56.3 Å². The SMILES string of the molecule is CC(NC[C@@H]1[C@@H](c2ccccc2)C1(C)C)c1ccc(C(=O)N(C)C)cc1. The van der Waals surface area contributed by atoms with Crippen molar-refractivity contribution < 1.29 is 4.79 Å². The van der Waals surface area contributed by atoms with Crippen molar-refractivity contribution in [3.63, 3.8) is 0 Å². The van der Waals surface area contributed by atoms with Crippen LogP contribution in [0.1, 0.15) is 54.2 Å². The molecule has 3 heteroatoms. The normalized spacial score (nSPS) is 21.9. The van der Waals surface area contributed by atoms with Gasteiger partial charge in [-0.15, -0.1) is 0 Å². The molecule has 1 fully saturated rings. The molecule has 3 atom stereocenters. The lowest BCUT2D eigenvalue weighted by molar-refractivity contribution is 0.0827. The number of benzene rings is 2. The minimum Gasteiger partial charge on any atom is -0.345 e. The monoisotopic (exact) mass is 350 g/mol. The van der Waals surface area contributed by atoms with Gasteiger partial charge in [0.1, 0.15) is 0 Å². The zero-order valence-corrected chi connectivity index (χ0v) is 16.5. The lowest BCUT2D eigenvalue weighted by Gasteiger charge is -2.16. The third kappa shape index (κ3) is 3.68. The molecular formula is C23H30N2O. The van der Waals surface area contributed by atoms with Crippen molar-refractivity contribution in [2.24, 2.45) is 11.3 Å². The molecule has 0 saturated heterocycles. The Morgan fingerprint density at radius 1 is 1.08 bits per heavy atom. The first-order valence-corrected chi connectivity index (χ1v) is 9.42. The van der Waals surface area contributed by atoms with Crippen LogP contribution in [-0.2, 0) is 0 Å². The van der Waals surface area contributed by atoms with E-state index in [0.717, 1.165) is 12.1 Å². The standard InChI is InChI=1S/C23H30N2O/c1-16(17-11-13-19(14-12-17)22(26)25(4)5)24-15-20-21(23(20,2)3)18-9-7-6-8-10-18/h6-14,16,20-21,24H,15H2,1-5H3/t16?,20-,21-/m1/s1. The number of amides is 1. The average Bonchev–Trinajstić information content (AvgIpc) is 3.20. The van der Waals surface area contributed by atoms with Crippen molar-refractivity contribution >= 4 is 5.91 Å². The second-order valence-electron chi connectivity index (χ2n) is 8.27. The predicted octanol–water partition coefficient (Wildman–Crippen LogP) is 4.48. The van der Waals surface area contributed by atoms with Crippen LogP contribution in [0.2, 0.25) is 0 Å². The lowest BCUT2D eigenvalue weighted by atomic mass is 10.0. The summed E-state index contributed by atoms with van der Waals surface area (Å²) in [5.41, 5.74) is 3.74. The molecule has 1 aliphatic carbocycles. The molecule has 2 aromatic rings. The van der Waals surface area contributed by atoms with Crippen LogP contribution in [-0.4, -0.2) is 31.4 Å². The fourth-order valence-electron chi connectivity index (χ4n) is 4.04.